The first kappa shape index (κ1) is 18.5. The van der Waals surface area contributed by atoms with Crippen LogP contribution in [0.3, 0.4) is 0 Å². The van der Waals surface area contributed by atoms with Crippen molar-refractivity contribution in [2.75, 3.05) is 6.54 Å². The smallest absolute Gasteiger partial charge is 0.243 e. The highest BCUT2D eigenvalue weighted by molar-refractivity contribution is 9.11. The van der Waals surface area contributed by atoms with E-state index in [9.17, 15) is 4.79 Å². The normalized spacial score (nSPS) is 11.2. The number of aromatic nitrogens is 2. The van der Waals surface area contributed by atoms with Crippen LogP contribution in [0.15, 0.2) is 47.5 Å². The van der Waals surface area contributed by atoms with Crippen molar-refractivity contribution in [3.8, 4) is 0 Å². The summed E-state index contributed by atoms with van der Waals surface area (Å²) in [6.45, 7) is 7.24. The lowest BCUT2D eigenvalue weighted by Crippen LogP contribution is -2.21. The number of rotatable bonds is 9. The predicted octanol–water partition coefficient (Wildman–Crippen LogP) is 4.35. The highest BCUT2D eigenvalue weighted by atomic mass is 79.9. The first-order valence-corrected chi connectivity index (χ1v) is 9.09. The summed E-state index contributed by atoms with van der Waals surface area (Å²) in [6.07, 6.45) is 7.33. The molecule has 2 rings (SSSR count). The molecule has 1 aromatic carbocycles. The first-order chi connectivity index (χ1) is 11.6. The van der Waals surface area contributed by atoms with Gasteiger partial charge in [0.15, 0.2) is 0 Å². The lowest BCUT2D eigenvalue weighted by Gasteiger charge is -2.08. The van der Waals surface area contributed by atoms with Gasteiger partial charge in [-0.25, -0.2) is 4.98 Å². The zero-order valence-electron chi connectivity index (χ0n) is 14.1. The van der Waals surface area contributed by atoms with Gasteiger partial charge in [0.1, 0.15) is 5.82 Å². The number of allylic oxidation sites excluding steroid dienone is 2. The molecule has 128 valence electrons. The van der Waals surface area contributed by atoms with Crippen molar-refractivity contribution in [1.29, 1.82) is 0 Å². The van der Waals surface area contributed by atoms with Crippen molar-refractivity contribution >= 4 is 32.9 Å². The van der Waals surface area contributed by atoms with Crippen LogP contribution in [0.5, 0.6) is 0 Å². The van der Waals surface area contributed by atoms with Crippen molar-refractivity contribution < 1.29 is 4.79 Å². The molecule has 0 atom stereocenters. The number of hydrogen-bond acceptors (Lipinski definition) is 2. The summed E-state index contributed by atoms with van der Waals surface area (Å²) < 4.78 is 3.17. The number of imidazole rings is 1. The SMILES string of the molecule is C=C(Br)Cn1c(CCCCCNC(=O)/C=C/C)nc2ccccc21. The molecule has 0 unspecified atom stereocenters. The molecule has 0 fully saturated rings. The van der Waals surface area contributed by atoms with Gasteiger partial charge in [0, 0.05) is 17.4 Å². The third kappa shape index (κ3) is 5.34. The van der Waals surface area contributed by atoms with Gasteiger partial charge in [-0.2, -0.15) is 0 Å². The average molecular weight is 390 g/mol. The van der Waals surface area contributed by atoms with Gasteiger partial charge in [-0.3, -0.25) is 4.79 Å². The molecule has 0 aliphatic rings. The fourth-order valence-corrected chi connectivity index (χ4v) is 2.92. The summed E-state index contributed by atoms with van der Waals surface area (Å²) in [7, 11) is 0. The lowest BCUT2D eigenvalue weighted by atomic mass is 10.2. The largest absolute Gasteiger partial charge is 0.353 e. The number of benzene rings is 1. The number of nitrogens with zero attached hydrogens (tertiary/aromatic N) is 2. The first-order valence-electron chi connectivity index (χ1n) is 8.29. The van der Waals surface area contributed by atoms with E-state index in [1.807, 2.05) is 25.1 Å². The van der Waals surface area contributed by atoms with Gasteiger partial charge in [-0.05, 0) is 38.0 Å². The molecule has 0 saturated carbocycles. The number of amides is 1. The number of para-hydroxylation sites is 2. The lowest BCUT2D eigenvalue weighted by molar-refractivity contribution is -0.116. The number of aryl methyl sites for hydroxylation is 1. The molecule has 5 heteroatoms. The van der Waals surface area contributed by atoms with Crippen LogP contribution in [0, 0.1) is 0 Å². The highest BCUT2D eigenvalue weighted by Gasteiger charge is 2.10. The molecule has 1 aromatic heterocycles. The van der Waals surface area contributed by atoms with E-state index in [2.05, 4.69) is 38.5 Å². The molecule has 0 bridgehead atoms. The third-order valence-corrected chi connectivity index (χ3v) is 4.01. The maximum atomic E-state index is 11.3. The van der Waals surface area contributed by atoms with Gasteiger partial charge in [-0.1, -0.05) is 47.1 Å². The van der Waals surface area contributed by atoms with Crippen LogP contribution in [0.2, 0.25) is 0 Å². The van der Waals surface area contributed by atoms with E-state index >= 15 is 0 Å². The van der Waals surface area contributed by atoms with Crippen molar-refractivity contribution in [3.05, 3.63) is 53.3 Å². The van der Waals surface area contributed by atoms with Gasteiger partial charge in [0.25, 0.3) is 0 Å². The maximum absolute atomic E-state index is 11.3. The Morgan fingerprint density at radius 1 is 1.33 bits per heavy atom. The van der Waals surface area contributed by atoms with E-state index in [-0.39, 0.29) is 5.91 Å². The molecule has 0 saturated heterocycles. The summed E-state index contributed by atoms with van der Waals surface area (Å²) in [4.78, 5) is 16.1. The van der Waals surface area contributed by atoms with E-state index in [1.165, 1.54) is 0 Å². The molecule has 0 aliphatic carbocycles. The fourth-order valence-electron chi connectivity index (χ4n) is 2.67. The standard InChI is InChI=1S/C19H24BrN3O/c1-3-9-19(24)21-13-8-4-5-12-18-22-16-10-6-7-11-17(16)23(18)14-15(2)20/h3,6-7,9-11H,2,4-5,8,12-14H2,1H3,(H,21,24)/b9-3+. The molecular weight excluding hydrogens is 366 g/mol. The van der Waals surface area contributed by atoms with E-state index < -0.39 is 0 Å². The van der Waals surface area contributed by atoms with Crippen molar-refractivity contribution in [3.63, 3.8) is 0 Å². The summed E-state index contributed by atoms with van der Waals surface area (Å²) in [5.74, 6) is 1.07. The van der Waals surface area contributed by atoms with Crippen LogP contribution in [-0.2, 0) is 17.8 Å². The van der Waals surface area contributed by atoms with E-state index in [4.69, 9.17) is 4.98 Å². The summed E-state index contributed by atoms with van der Waals surface area (Å²) in [6, 6.07) is 8.19. The number of nitrogens with one attached hydrogen (secondary N) is 1. The van der Waals surface area contributed by atoms with E-state index in [1.54, 1.807) is 12.2 Å². The number of hydrogen-bond donors (Lipinski definition) is 1. The Balaban J connectivity index is 1.88. The Hall–Kier alpha value is -1.88. The van der Waals surface area contributed by atoms with Crippen LogP contribution in [0.4, 0.5) is 0 Å². The zero-order valence-corrected chi connectivity index (χ0v) is 15.7. The van der Waals surface area contributed by atoms with Gasteiger partial charge >= 0.3 is 0 Å². The molecule has 2 aromatic rings. The Morgan fingerprint density at radius 3 is 2.88 bits per heavy atom. The van der Waals surface area contributed by atoms with Crippen molar-refractivity contribution in [2.45, 2.75) is 39.2 Å². The predicted molar refractivity (Wildman–Crippen MR) is 103 cm³/mol. The Bertz CT molecular complexity index is 733. The molecule has 4 nitrogen and oxygen atoms in total. The average Bonchev–Trinajstić information content (AvgIpc) is 2.88. The van der Waals surface area contributed by atoms with Crippen LogP contribution in [-0.4, -0.2) is 22.0 Å². The molecule has 0 radical (unpaired) electrons. The van der Waals surface area contributed by atoms with Crippen LogP contribution in [0.1, 0.15) is 32.0 Å². The van der Waals surface area contributed by atoms with Gasteiger partial charge in [-0.15, -0.1) is 0 Å². The minimum atomic E-state index is -0.0184. The molecule has 1 heterocycles. The summed E-state index contributed by atoms with van der Waals surface area (Å²) >= 11 is 3.46. The topological polar surface area (TPSA) is 46.9 Å². The molecule has 1 N–H and O–H groups in total. The van der Waals surface area contributed by atoms with Gasteiger partial charge in [0.2, 0.25) is 5.91 Å². The van der Waals surface area contributed by atoms with Crippen LogP contribution in [0.25, 0.3) is 11.0 Å². The molecule has 1 amide bonds. The molecule has 24 heavy (non-hydrogen) atoms. The number of carbonyl (C=O) groups excluding carboxylic acids is 1. The second kappa shape index (κ2) is 9.42. The second-order valence-corrected chi connectivity index (χ2v) is 6.84. The summed E-state index contributed by atoms with van der Waals surface area (Å²) in [5, 5.41) is 2.88. The second-order valence-electron chi connectivity index (χ2n) is 5.72. The Kier molecular flexibility index (Phi) is 7.25. The van der Waals surface area contributed by atoms with Crippen LogP contribution >= 0.6 is 15.9 Å². The minimum Gasteiger partial charge on any atom is -0.353 e. The number of halogens is 1. The number of fused-ring (bicyclic) bond motifs is 1. The Labute approximate surface area is 151 Å². The molecular formula is C19H24BrN3O. The molecule has 0 spiro atoms. The maximum Gasteiger partial charge on any atom is 0.243 e. The third-order valence-electron chi connectivity index (χ3n) is 3.76. The highest BCUT2D eigenvalue weighted by Crippen LogP contribution is 2.20. The Morgan fingerprint density at radius 2 is 2.12 bits per heavy atom. The van der Waals surface area contributed by atoms with E-state index in [0.29, 0.717) is 0 Å². The van der Waals surface area contributed by atoms with Gasteiger partial charge in [0.05, 0.1) is 17.6 Å². The molecule has 0 aliphatic heterocycles. The monoisotopic (exact) mass is 389 g/mol. The van der Waals surface area contributed by atoms with Crippen molar-refractivity contribution in [1.82, 2.24) is 14.9 Å². The fraction of sp³-hybridized carbons (Fsp3) is 0.368. The number of unbranched alkanes of at least 4 members (excludes halogenated alkanes) is 2. The number of carbonyl (C=O) groups is 1. The van der Waals surface area contributed by atoms with Crippen LogP contribution < -0.4 is 5.32 Å². The zero-order chi connectivity index (χ0) is 17.4. The van der Waals surface area contributed by atoms with Gasteiger partial charge < -0.3 is 9.88 Å². The van der Waals surface area contributed by atoms with Crippen molar-refractivity contribution in [2.24, 2.45) is 0 Å². The van der Waals surface area contributed by atoms with E-state index in [0.717, 1.165) is 60.1 Å². The quantitative estimate of drug-likeness (QED) is 0.511. The summed E-state index contributed by atoms with van der Waals surface area (Å²) in [5.41, 5.74) is 2.17. The minimum absolute atomic E-state index is 0.0184.